The predicted molar refractivity (Wildman–Crippen MR) is 127 cm³/mol. The fourth-order valence-electron chi connectivity index (χ4n) is 3.21. The number of likely N-dealkylation sites (N-methyl/N-ethyl adjacent to an activating group) is 2. The molecule has 174 valence electrons. The highest BCUT2D eigenvalue weighted by molar-refractivity contribution is 9.10. The van der Waals surface area contributed by atoms with Crippen molar-refractivity contribution in [2.75, 3.05) is 34.4 Å². The van der Waals surface area contributed by atoms with E-state index in [2.05, 4.69) is 15.9 Å². The summed E-state index contributed by atoms with van der Waals surface area (Å²) in [6.07, 6.45) is 1.42. The van der Waals surface area contributed by atoms with Gasteiger partial charge in [-0.3, -0.25) is 19.4 Å². The lowest BCUT2D eigenvalue weighted by atomic mass is 10.1. The van der Waals surface area contributed by atoms with Crippen molar-refractivity contribution in [3.05, 3.63) is 57.1 Å². The number of hydrogen-bond donors (Lipinski definition) is 0. The number of carbonyl (C=O) groups is 3. The minimum Gasteiger partial charge on any atom is -0.493 e. The quantitative estimate of drug-likeness (QED) is 0.314. The molecule has 33 heavy (non-hydrogen) atoms. The molecule has 1 fully saturated rings. The molecule has 0 bridgehead atoms. The van der Waals surface area contributed by atoms with Crippen LogP contribution in [0.15, 0.2) is 40.4 Å². The Morgan fingerprint density at radius 2 is 1.55 bits per heavy atom. The number of aryl methyl sites for hydroxylation is 2. The van der Waals surface area contributed by atoms with Crippen LogP contribution in [0.1, 0.15) is 16.7 Å². The summed E-state index contributed by atoms with van der Waals surface area (Å²) in [6.45, 7) is 4.68. The molecule has 2 aromatic carbocycles. The molecule has 9 heteroatoms. The van der Waals surface area contributed by atoms with Crippen LogP contribution in [0.2, 0.25) is 0 Å². The maximum atomic E-state index is 12.4. The summed E-state index contributed by atoms with van der Waals surface area (Å²) >= 11 is 3.46. The van der Waals surface area contributed by atoms with Gasteiger partial charge in [-0.05, 0) is 76.8 Å². The molecule has 4 amide bonds. The molecule has 1 heterocycles. The van der Waals surface area contributed by atoms with Crippen LogP contribution >= 0.6 is 15.9 Å². The molecular weight excluding hydrogens is 492 g/mol. The maximum Gasteiger partial charge on any atom is 0.333 e. The Balaban J connectivity index is 1.75. The Kier molecular flexibility index (Phi) is 7.43. The van der Waals surface area contributed by atoms with Crippen molar-refractivity contribution in [1.82, 2.24) is 9.80 Å². The Morgan fingerprint density at radius 3 is 2.15 bits per heavy atom. The van der Waals surface area contributed by atoms with E-state index in [1.807, 2.05) is 32.0 Å². The van der Waals surface area contributed by atoms with Gasteiger partial charge >= 0.3 is 6.03 Å². The standard InChI is InChI=1S/C24H25BrN2O6/c1-14-6-7-17(10-15(14)2)32-8-9-33-21-19(25)12-16(13-20(21)31-5)11-18-22(28)26(3)24(30)27(4)23(18)29/h6-7,10-13H,8-9H2,1-5H3. The van der Waals surface area contributed by atoms with Gasteiger partial charge in [0.25, 0.3) is 11.8 Å². The largest absolute Gasteiger partial charge is 0.493 e. The van der Waals surface area contributed by atoms with Gasteiger partial charge in [0, 0.05) is 14.1 Å². The normalized spacial score (nSPS) is 14.0. The van der Waals surface area contributed by atoms with E-state index < -0.39 is 17.8 Å². The van der Waals surface area contributed by atoms with Crippen LogP contribution in [0, 0.1) is 13.8 Å². The number of methoxy groups -OCH3 is 1. The molecule has 0 aliphatic carbocycles. The van der Waals surface area contributed by atoms with E-state index in [9.17, 15) is 14.4 Å². The number of urea groups is 1. The highest BCUT2D eigenvalue weighted by Crippen LogP contribution is 2.37. The van der Waals surface area contributed by atoms with Gasteiger partial charge in [-0.1, -0.05) is 6.07 Å². The second kappa shape index (κ2) is 10.1. The summed E-state index contributed by atoms with van der Waals surface area (Å²) in [5.41, 5.74) is 2.76. The Hall–Kier alpha value is -3.33. The van der Waals surface area contributed by atoms with Crippen molar-refractivity contribution in [3.63, 3.8) is 0 Å². The van der Waals surface area contributed by atoms with Crippen molar-refractivity contribution < 1.29 is 28.6 Å². The van der Waals surface area contributed by atoms with E-state index in [1.165, 1.54) is 32.8 Å². The van der Waals surface area contributed by atoms with Crippen molar-refractivity contribution in [1.29, 1.82) is 0 Å². The summed E-state index contributed by atoms with van der Waals surface area (Å²) in [7, 11) is 4.15. The molecule has 2 aromatic rings. The molecule has 8 nitrogen and oxygen atoms in total. The average Bonchev–Trinajstić information content (AvgIpc) is 2.79. The monoisotopic (exact) mass is 516 g/mol. The van der Waals surface area contributed by atoms with Gasteiger partial charge in [0.1, 0.15) is 24.5 Å². The van der Waals surface area contributed by atoms with Crippen LogP contribution in [0.4, 0.5) is 4.79 Å². The molecule has 0 unspecified atom stereocenters. The van der Waals surface area contributed by atoms with E-state index >= 15 is 0 Å². The summed E-state index contributed by atoms with van der Waals surface area (Å²) in [5, 5.41) is 0. The fraction of sp³-hybridized carbons (Fsp3) is 0.292. The molecule has 1 saturated heterocycles. The second-order valence-corrected chi connectivity index (χ2v) is 8.40. The van der Waals surface area contributed by atoms with Crippen LogP contribution in [0.25, 0.3) is 6.08 Å². The molecule has 1 aliphatic heterocycles. The lowest BCUT2D eigenvalue weighted by Gasteiger charge is -2.28. The van der Waals surface area contributed by atoms with Crippen LogP contribution in [-0.4, -0.2) is 62.1 Å². The van der Waals surface area contributed by atoms with E-state index in [0.717, 1.165) is 21.1 Å². The number of barbiturate groups is 1. The number of hydrogen-bond acceptors (Lipinski definition) is 6. The van der Waals surface area contributed by atoms with Gasteiger partial charge in [0.15, 0.2) is 11.5 Å². The van der Waals surface area contributed by atoms with Gasteiger partial charge in [-0.15, -0.1) is 0 Å². The minimum atomic E-state index is -0.673. The SMILES string of the molecule is COc1cc(C=C2C(=O)N(C)C(=O)N(C)C2=O)cc(Br)c1OCCOc1ccc(C)c(C)c1. The second-order valence-electron chi connectivity index (χ2n) is 7.55. The summed E-state index contributed by atoms with van der Waals surface area (Å²) < 4.78 is 17.6. The van der Waals surface area contributed by atoms with Crippen LogP contribution in [0.5, 0.6) is 17.2 Å². The van der Waals surface area contributed by atoms with Crippen molar-refractivity contribution in [2.24, 2.45) is 0 Å². The van der Waals surface area contributed by atoms with Gasteiger partial charge in [0.05, 0.1) is 11.6 Å². The lowest BCUT2D eigenvalue weighted by Crippen LogP contribution is -2.52. The average molecular weight is 517 g/mol. The zero-order valence-electron chi connectivity index (χ0n) is 19.1. The molecule has 0 saturated carbocycles. The van der Waals surface area contributed by atoms with Crippen LogP contribution in [0.3, 0.4) is 0 Å². The molecule has 0 atom stereocenters. The van der Waals surface area contributed by atoms with E-state index in [1.54, 1.807) is 12.1 Å². The van der Waals surface area contributed by atoms with Gasteiger partial charge in [0.2, 0.25) is 0 Å². The Labute approximate surface area is 200 Å². The third-order valence-electron chi connectivity index (χ3n) is 5.28. The van der Waals surface area contributed by atoms with Crippen LogP contribution < -0.4 is 14.2 Å². The topological polar surface area (TPSA) is 85.4 Å². The number of amides is 4. The number of nitrogens with zero attached hydrogens (tertiary/aromatic N) is 2. The number of rotatable bonds is 7. The summed E-state index contributed by atoms with van der Waals surface area (Å²) in [5.74, 6) is 0.318. The minimum absolute atomic E-state index is 0.121. The molecule has 0 N–H and O–H groups in total. The molecular formula is C24H25BrN2O6. The van der Waals surface area contributed by atoms with E-state index in [-0.39, 0.29) is 12.2 Å². The molecule has 0 aromatic heterocycles. The zero-order valence-corrected chi connectivity index (χ0v) is 20.7. The number of ether oxygens (including phenoxy) is 3. The molecule has 0 radical (unpaired) electrons. The third kappa shape index (κ3) is 5.19. The first-order valence-electron chi connectivity index (χ1n) is 10.2. The van der Waals surface area contributed by atoms with Crippen molar-refractivity contribution >= 4 is 39.9 Å². The summed E-state index contributed by atoms with van der Waals surface area (Å²) in [6, 6.07) is 8.57. The Morgan fingerprint density at radius 1 is 0.909 bits per heavy atom. The first-order valence-corrected chi connectivity index (χ1v) is 11.0. The summed E-state index contributed by atoms with van der Waals surface area (Å²) in [4.78, 5) is 38.6. The van der Waals surface area contributed by atoms with Crippen molar-refractivity contribution in [3.8, 4) is 17.2 Å². The number of carbonyl (C=O) groups excluding carboxylic acids is 3. The fourth-order valence-corrected chi connectivity index (χ4v) is 3.79. The number of imide groups is 2. The third-order valence-corrected chi connectivity index (χ3v) is 5.87. The smallest absolute Gasteiger partial charge is 0.333 e. The van der Waals surface area contributed by atoms with E-state index in [4.69, 9.17) is 14.2 Å². The first-order chi connectivity index (χ1) is 15.6. The first kappa shape index (κ1) is 24.3. The molecule has 3 rings (SSSR count). The van der Waals surface area contributed by atoms with Crippen LogP contribution in [-0.2, 0) is 9.59 Å². The van der Waals surface area contributed by atoms with Gasteiger partial charge in [-0.25, -0.2) is 4.79 Å². The zero-order chi connectivity index (χ0) is 24.3. The maximum absolute atomic E-state index is 12.4. The number of benzene rings is 2. The lowest BCUT2D eigenvalue weighted by molar-refractivity contribution is -0.134. The molecule has 0 spiro atoms. The molecule has 1 aliphatic rings. The van der Waals surface area contributed by atoms with Crippen molar-refractivity contribution in [2.45, 2.75) is 13.8 Å². The van der Waals surface area contributed by atoms with Gasteiger partial charge in [-0.2, -0.15) is 0 Å². The predicted octanol–water partition coefficient (Wildman–Crippen LogP) is 3.97. The van der Waals surface area contributed by atoms with E-state index in [0.29, 0.717) is 28.1 Å². The highest BCUT2D eigenvalue weighted by Gasteiger charge is 2.37. The highest BCUT2D eigenvalue weighted by atomic mass is 79.9. The Bertz CT molecular complexity index is 1120. The van der Waals surface area contributed by atoms with Gasteiger partial charge < -0.3 is 14.2 Å². The number of halogens is 1.